The van der Waals surface area contributed by atoms with Crippen LogP contribution >= 0.6 is 23.4 Å². The summed E-state index contributed by atoms with van der Waals surface area (Å²) in [6.45, 7) is 0.484. The topological polar surface area (TPSA) is 63.3 Å². The molecule has 1 aliphatic heterocycles. The van der Waals surface area contributed by atoms with Crippen LogP contribution in [0.25, 0.3) is 0 Å². The van der Waals surface area contributed by atoms with Gasteiger partial charge >= 0.3 is 0 Å². The summed E-state index contributed by atoms with van der Waals surface area (Å²) in [5, 5.41) is 19.2. The van der Waals surface area contributed by atoms with E-state index in [2.05, 4.69) is 15.2 Å². The number of fused-ring (bicyclic) bond motifs is 1. The first-order valence-corrected chi connectivity index (χ1v) is 7.12. The molecule has 2 heterocycles. The van der Waals surface area contributed by atoms with E-state index >= 15 is 0 Å². The second-order valence-corrected chi connectivity index (χ2v) is 5.59. The minimum atomic E-state index is -0.381. The predicted octanol–water partition coefficient (Wildman–Crippen LogP) is 2.15. The lowest BCUT2D eigenvalue weighted by atomic mass is 10.2. The number of thioether (sulfide) groups is 1. The maximum Gasteiger partial charge on any atom is 0.251 e. The zero-order chi connectivity index (χ0) is 13.2. The molecule has 2 aromatic rings. The number of hydrogen-bond acceptors (Lipinski definition) is 5. The van der Waals surface area contributed by atoms with Gasteiger partial charge in [0.15, 0.2) is 5.16 Å². The minimum absolute atomic E-state index is 0.381. The first-order chi connectivity index (χ1) is 9.22. The van der Waals surface area contributed by atoms with E-state index in [4.69, 9.17) is 11.6 Å². The Morgan fingerprint density at radius 2 is 2.37 bits per heavy atom. The molecule has 19 heavy (non-hydrogen) atoms. The molecular weight excluding hydrogens is 284 g/mol. The molecule has 0 saturated heterocycles. The summed E-state index contributed by atoms with van der Waals surface area (Å²) in [4.78, 5) is 4.31. The fourth-order valence-electron chi connectivity index (χ4n) is 1.80. The van der Waals surface area contributed by atoms with Gasteiger partial charge in [-0.1, -0.05) is 35.5 Å². The molecule has 0 bridgehead atoms. The van der Waals surface area contributed by atoms with E-state index in [0.29, 0.717) is 23.3 Å². The van der Waals surface area contributed by atoms with E-state index < -0.39 is 0 Å². The highest BCUT2D eigenvalue weighted by atomic mass is 35.5. The smallest absolute Gasteiger partial charge is 0.251 e. The SMILES string of the molecule is OC1CSc2nnc(/N=C/c3cccc(Cl)c3)n2C1. The molecule has 1 atom stereocenters. The van der Waals surface area contributed by atoms with Crippen LogP contribution in [-0.2, 0) is 6.54 Å². The zero-order valence-corrected chi connectivity index (χ0v) is 11.5. The Bertz CT molecular complexity index is 628. The van der Waals surface area contributed by atoms with Crippen molar-refractivity contribution in [2.45, 2.75) is 17.8 Å². The molecule has 0 saturated carbocycles. The summed E-state index contributed by atoms with van der Waals surface area (Å²) in [6, 6.07) is 7.40. The largest absolute Gasteiger partial charge is 0.390 e. The lowest BCUT2D eigenvalue weighted by Crippen LogP contribution is -2.23. The molecule has 0 fully saturated rings. The third-order valence-corrected chi connectivity index (χ3v) is 4.02. The van der Waals surface area contributed by atoms with Crippen LogP contribution in [0.1, 0.15) is 5.56 Å². The Hall–Kier alpha value is -1.37. The van der Waals surface area contributed by atoms with Crippen LogP contribution < -0.4 is 0 Å². The van der Waals surface area contributed by atoms with Crippen molar-refractivity contribution in [3.8, 4) is 0 Å². The van der Waals surface area contributed by atoms with Gasteiger partial charge in [-0.15, -0.1) is 10.2 Å². The molecular formula is C12H11ClN4OS. The summed E-state index contributed by atoms with van der Waals surface area (Å²) in [5.41, 5.74) is 0.897. The molecule has 1 aromatic carbocycles. The number of halogens is 1. The third kappa shape index (κ3) is 2.80. The zero-order valence-electron chi connectivity index (χ0n) is 9.90. The minimum Gasteiger partial charge on any atom is -0.390 e. The Morgan fingerprint density at radius 1 is 1.47 bits per heavy atom. The van der Waals surface area contributed by atoms with Gasteiger partial charge in [-0.3, -0.25) is 4.57 Å². The fourth-order valence-corrected chi connectivity index (χ4v) is 2.85. The standard InChI is InChI=1S/C12H11ClN4OS/c13-9-3-1-2-8(4-9)5-14-11-15-16-12-17(11)6-10(18)7-19-12/h1-5,10,18H,6-7H2/b14-5+. The van der Waals surface area contributed by atoms with Crippen molar-refractivity contribution in [2.24, 2.45) is 4.99 Å². The lowest BCUT2D eigenvalue weighted by molar-refractivity contribution is 0.171. The molecule has 3 rings (SSSR count). The average Bonchev–Trinajstić information content (AvgIpc) is 2.79. The van der Waals surface area contributed by atoms with Gasteiger partial charge in [-0.25, -0.2) is 4.99 Å². The molecule has 0 radical (unpaired) electrons. The fraction of sp³-hybridized carbons (Fsp3) is 0.250. The van der Waals surface area contributed by atoms with Crippen LogP contribution in [0.4, 0.5) is 5.95 Å². The number of rotatable bonds is 2. The molecule has 0 spiro atoms. The molecule has 1 aromatic heterocycles. The van der Waals surface area contributed by atoms with Crippen molar-refractivity contribution < 1.29 is 5.11 Å². The summed E-state index contributed by atoms with van der Waals surface area (Å²) < 4.78 is 1.82. The number of hydrogen-bond donors (Lipinski definition) is 1. The van der Waals surface area contributed by atoms with E-state index in [9.17, 15) is 5.11 Å². The van der Waals surface area contributed by atoms with Crippen LogP contribution in [0, 0.1) is 0 Å². The van der Waals surface area contributed by atoms with Crippen molar-refractivity contribution in [1.29, 1.82) is 0 Å². The molecule has 1 aliphatic rings. The first kappa shape index (κ1) is 12.7. The Labute approximate surface area is 119 Å². The lowest BCUT2D eigenvalue weighted by Gasteiger charge is -2.17. The molecule has 0 amide bonds. The molecule has 1 unspecified atom stereocenters. The van der Waals surface area contributed by atoms with Gasteiger partial charge in [-0.05, 0) is 17.7 Å². The summed E-state index contributed by atoms with van der Waals surface area (Å²) in [5.74, 6) is 1.15. The van der Waals surface area contributed by atoms with Gasteiger partial charge in [0.2, 0.25) is 0 Å². The maximum absolute atomic E-state index is 9.65. The highest BCUT2D eigenvalue weighted by Crippen LogP contribution is 2.27. The molecule has 5 nitrogen and oxygen atoms in total. The van der Waals surface area contributed by atoms with Gasteiger partial charge in [0.25, 0.3) is 5.95 Å². The highest BCUT2D eigenvalue weighted by Gasteiger charge is 2.21. The summed E-state index contributed by atoms with van der Waals surface area (Å²) in [6.07, 6.45) is 1.31. The van der Waals surface area contributed by atoms with Crippen LogP contribution in [0.3, 0.4) is 0 Å². The number of aliphatic hydroxyl groups is 1. The Kier molecular flexibility index (Phi) is 3.54. The number of benzene rings is 1. The first-order valence-electron chi connectivity index (χ1n) is 5.76. The number of aliphatic imine (C=N–C) groups is 1. The summed E-state index contributed by atoms with van der Waals surface area (Å²) >= 11 is 7.39. The van der Waals surface area contributed by atoms with Crippen molar-refractivity contribution in [2.75, 3.05) is 5.75 Å². The molecule has 7 heteroatoms. The van der Waals surface area contributed by atoms with E-state index in [1.54, 1.807) is 6.21 Å². The summed E-state index contributed by atoms with van der Waals surface area (Å²) in [7, 11) is 0. The second-order valence-electron chi connectivity index (χ2n) is 4.17. The van der Waals surface area contributed by atoms with Crippen molar-refractivity contribution in [3.63, 3.8) is 0 Å². The molecule has 98 valence electrons. The predicted molar refractivity (Wildman–Crippen MR) is 75.5 cm³/mol. The quantitative estimate of drug-likeness (QED) is 0.862. The van der Waals surface area contributed by atoms with E-state index in [0.717, 1.165) is 10.7 Å². The average molecular weight is 295 g/mol. The van der Waals surface area contributed by atoms with Crippen molar-refractivity contribution >= 4 is 35.5 Å². The van der Waals surface area contributed by atoms with Gasteiger partial charge in [-0.2, -0.15) is 0 Å². The van der Waals surface area contributed by atoms with Crippen LogP contribution in [0.2, 0.25) is 5.02 Å². The van der Waals surface area contributed by atoms with Gasteiger partial charge < -0.3 is 5.11 Å². The van der Waals surface area contributed by atoms with Crippen molar-refractivity contribution in [3.05, 3.63) is 34.9 Å². The van der Waals surface area contributed by atoms with Gasteiger partial charge in [0.1, 0.15) is 0 Å². The third-order valence-electron chi connectivity index (χ3n) is 2.67. The van der Waals surface area contributed by atoms with E-state index in [1.807, 2.05) is 28.8 Å². The Morgan fingerprint density at radius 3 is 3.21 bits per heavy atom. The second kappa shape index (κ2) is 5.32. The van der Waals surface area contributed by atoms with Crippen LogP contribution in [0.5, 0.6) is 0 Å². The van der Waals surface area contributed by atoms with Crippen molar-refractivity contribution in [1.82, 2.24) is 14.8 Å². The Balaban J connectivity index is 1.86. The monoisotopic (exact) mass is 294 g/mol. The number of aliphatic hydroxyl groups excluding tert-OH is 1. The number of nitrogens with zero attached hydrogens (tertiary/aromatic N) is 4. The normalized spacial score (nSPS) is 18.7. The van der Waals surface area contributed by atoms with Gasteiger partial charge in [0.05, 0.1) is 12.6 Å². The van der Waals surface area contributed by atoms with Crippen LogP contribution in [0.15, 0.2) is 34.4 Å². The highest BCUT2D eigenvalue weighted by molar-refractivity contribution is 7.99. The molecule has 0 aliphatic carbocycles. The van der Waals surface area contributed by atoms with E-state index in [-0.39, 0.29) is 6.10 Å². The maximum atomic E-state index is 9.65. The van der Waals surface area contributed by atoms with Crippen LogP contribution in [-0.4, -0.2) is 37.9 Å². The van der Waals surface area contributed by atoms with Gasteiger partial charge in [0, 0.05) is 17.0 Å². The molecule has 1 N–H and O–H groups in total. The van der Waals surface area contributed by atoms with E-state index in [1.165, 1.54) is 11.8 Å². The number of aromatic nitrogens is 3.